The number of nitrogens with zero attached hydrogens (tertiary/aromatic N) is 1. The number of carbonyl (C=O) groups excluding carboxylic acids is 1. The third-order valence-electron chi connectivity index (χ3n) is 3.16. The molecule has 116 valence electrons. The number of carboxylic acid groups (broad SMARTS) is 1. The third kappa shape index (κ3) is 4.60. The molecule has 2 aromatic rings. The van der Waals surface area contributed by atoms with Crippen molar-refractivity contribution in [1.29, 1.82) is 0 Å². The van der Waals surface area contributed by atoms with Gasteiger partial charge in [0.1, 0.15) is 0 Å². The fraction of sp³-hybridized carbons (Fsp3) is 0.0588. The van der Waals surface area contributed by atoms with Crippen LogP contribution in [0.2, 0.25) is 0 Å². The normalized spacial score (nSPS) is 10.6. The summed E-state index contributed by atoms with van der Waals surface area (Å²) in [6.45, 7) is 0. The summed E-state index contributed by atoms with van der Waals surface area (Å²) in [7, 11) is 0. The van der Waals surface area contributed by atoms with Crippen molar-refractivity contribution in [3.05, 3.63) is 81.4 Å². The highest BCUT2D eigenvalue weighted by atomic mass is 16.6. The maximum atomic E-state index is 12.2. The summed E-state index contributed by atoms with van der Waals surface area (Å²) in [5, 5.41) is 19.1. The van der Waals surface area contributed by atoms with E-state index in [1.165, 1.54) is 18.2 Å². The summed E-state index contributed by atoms with van der Waals surface area (Å²) in [5.41, 5.74) is 1.85. The van der Waals surface area contributed by atoms with Crippen molar-refractivity contribution in [2.75, 3.05) is 0 Å². The maximum absolute atomic E-state index is 12.2. The minimum absolute atomic E-state index is 0.0178. The second-order valence-electron chi connectivity index (χ2n) is 4.82. The first-order chi connectivity index (χ1) is 11.0. The lowest BCUT2D eigenvalue weighted by Crippen LogP contribution is -2.03. The number of benzene rings is 2. The summed E-state index contributed by atoms with van der Waals surface area (Å²) < 4.78 is 0. The van der Waals surface area contributed by atoms with Gasteiger partial charge >= 0.3 is 5.97 Å². The van der Waals surface area contributed by atoms with Gasteiger partial charge in [0.05, 0.1) is 4.92 Å². The van der Waals surface area contributed by atoms with Crippen LogP contribution in [-0.2, 0) is 11.2 Å². The van der Waals surface area contributed by atoms with Crippen LogP contribution in [0.1, 0.15) is 21.5 Å². The number of Topliss-reactive ketones (excluding diaryl/α,β-unsaturated/α-hetero) is 1. The number of hydrogen-bond acceptors (Lipinski definition) is 4. The van der Waals surface area contributed by atoms with Crippen LogP contribution in [0, 0.1) is 10.1 Å². The number of ketones is 1. The van der Waals surface area contributed by atoms with Crippen LogP contribution in [0.25, 0.3) is 6.08 Å². The van der Waals surface area contributed by atoms with E-state index in [9.17, 15) is 19.7 Å². The molecule has 2 aromatic carbocycles. The van der Waals surface area contributed by atoms with E-state index in [0.29, 0.717) is 16.7 Å². The molecule has 0 unspecified atom stereocenters. The molecule has 0 saturated carbocycles. The average Bonchev–Trinajstić information content (AvgIpc) is 2.54. The largest absolute Gasteiger partial charge is 0.478 e. The Kier molecular flexibility index (Phi) is 4.99. The minimum atomic E-state index is -1.04. The molecule has 0 atom stereocenters. The number of aliphatic carboxylic acids is 1. The van der Waals surface area contributed by atoms with E-state index in [-0.39, 0.29) is 17.9 Å². The molecule has 0 radical (unpaired) electrons. The second kappa shape index (κ2) is 7.13. The molecular weight excluding hydrogens is 298 g/mol. The van der Waals surface area contributed by atoms with Gasteiger partial charge in [-0.25, -0.2) is 4.79 Å². The summed E-state index contributed by atoms with van der Waals surface area (Å²) in [6, 6.07) is 12.4. The summed E-state index contributed by atoms with van der Waals surface area (Å²) >= 11 is 0. The number of non-ortho nitro benzene ring substituents is 1. The highest BCUT2D eigenvalue weighted by molar-refractivity contribution is 5.97. The Morgan fingerprint density at radius 3 is 2.17 bits per heavy atom. The molecule has 6 nitrogen and oxygen atoms in total. The predicted octanol–water partition coefficient (Wildman–Crippen LogP) is 3.12. The van der Waals surface area contributed by atoms with Crippen LogP contribution in [0.4, 0.5) is 5.69 Å². The number of nitro benzene ring substituents is 1. The average molecular weight is 311 g/mol. The monoisotopic (exact) mass is 311 g/mol. The van der Waals surface area contributed by atoms with E-state index in [0.717, 1.165) is 6.08 Å². The molecule has 0 bridgehead atoms. The molecule has 0 aliphatic rings. The van der Waals surface area contributed by atoms with Gasteiger partial charge in [0, 0.05) is 30.2 Å². The van der Waals surface area contributed by atoms with Crippen LogP contribution in [0.5, 0.6) is 0 Å². The van der Waals surface area contributed by atoms with Crippen molar-refractivity contribution in [3.8, 4) is 0 Å². The first-order valence-corrected chi connectivity index (χ1v) is 6.73. The van der Waals surface area contributed by atoms with Crippen molar-refractivity contribution in [1.82, 2.24) is 0 Å². The van der Waals surface area contributed by atoms with Crippen LogP contribution < -0.4 is 0 Å². The molecule has 0 fully saturated rings. The van der Waals surface area contributed by atoms with Crippen molar-refractivity contribution in [3.63, 3.8) is 0 Å². The van der Waals surface area contributed by atoms with Gasteiger partial charge in [0.2, 0.25) is 0 Å². The summed E-state index contributed by atoms with van der Waals surface area (Å²) in [4.78, 5) is 32.7. The number of hydrogen-bond donors (Lipinski definition) is 1. The highest BCUT2D eigenvalue weighted by Gasteiger charge is 2.09. The van der Waals surface area contributed by atoms with E-state index in [1.54, 1.807) is 36.4 Å². The Morgan fingerprint density at radius 2 is 1.65 bits per heavy atom. The fourth-order valence-electron chi connectivity index (χ4n) is 1.97. The van der Waals surface area contributed by atoms with Gasteiger partial charge in [-0.2, -0.15) is 0 Å². The highest BCUT2D eigenvalue weighted by Crippen LogP contribution is 2.14. The minimum Gasteiger partial charge on any atom is -0.478 e. The molecule has 23 heavy (non-hydrogen) atoms. The second-order valence-corrected chi connectivity index (χ2v) is 4.82. The van der Waals surface area contributed by atoms with E-state index in [4.69, 9.17) is 5.11 Å². The topological polar surface area (TPSA) is 97.5 Å². The number of rotatable bonds is 6. The Labute approximate surface area is 131 Å². The quantitative estimate of drug-likeness (QED) is 0.382. The van der Waals surface area contributed by atoms with Gasteiger partial charge in [0.25, 0.3) is 5.69 Å². The number of carboxylic acids is 1. The fourth-order valence-corrected chi connectivity index (χ4v) is 1.97. The Morgan fingerprint density at radius 1 is 1.04 bits per heavy atom. The van der Waals surface area contributed by atoms with Crippen LogP contribution in [0.15, 0.2) is 54.6 Å². The summed E-state index contributed by atoms with van der Waals surface area (Å²) in [5.74, 6) is -1.16. The zero-order valence-electron chi connectivity index (χ0n) is 12.0. The van der Waals surface area contributed by atoms with Crippen molar-refractivity contribution in [2.24, 2.45) is 0 Å². The van der Waals surface area contributed by atoms with Gasteiger partial charge in [-0.15, -0.1) is 0 Å². The smallest absolute Gasteiger partial charge is 0.328 e. The lowest BCUT2D eigenvalue weighted by Gasteiger charge is -2.02. The van der Waals surface area contributed by atoms with E-state index in [2.05, 4.69) is 0 Å². The Balaban J connectivity index is 2.05. The lowest BCUT2D eigenvalue weighted by atomic mass is 10.0. The Bertz CT molecular complexity index is 761. The lowest BCUT2D eigenvalue weighted by molar-refractivity contribution is -0.384. The first kappa shape index (κ1) is 16.1. The molecular formula is C17H13NO5. The van der Waals surface area contributed by atoms with Crippen molar-refractivity contribution in [2.45, 2.75) is 6.42 Å². The van der Waals surface area contributed by atoms with Gasteiger partial charge < -0.3 is 5.11 Å². The predicted molar refractivity (Wildman–Crippen MR) is 84.2 cm³/mol. The molecule has 0 heterocycles. The van der Waals surface area contributed by atoms with Crippen LogP contribution in [-0.4, -0.2) is 21.8 Å². The molecule has 6 heteroatoms. The Hall–Kier alpha value is -3.28. The third-order valence-corrected chi connectivity index (χ3v) is 3.16. The zero-order valence-corrected chi connectivity index (χ0v) is 12.0. The van der Waals surface area contributed by atoms with Crippen molar-refractivity contribution >= 4 is 23.5 Å². The molecule has 0 aromatic heterocycles. The van der Waals surface area contributed by atoms with Gasteiger partial charge in [-0.1, -0.05) is 36.4 Å². The maximum Gasteiger partial charge on any atom is 0.328 e. The SMILES string of the molecule is O=C(O)C=Cc1ccc(C(=O)Cc2ccc([N+](=O)[O-])cc2)cc1. The molecule has 0 amide bonds. The number of nitro groups is 1. The molecule has 0 aliphatic heterocycles. The van der Waals surface area contributed by atoms with E-state index in [1.807, 2.05) is 0 Å². The van der Waals surface area contributed by atoms with Gasteiger partial charge in [-0.05, 0) is 17.2 Å². The molecule has 0 saturated heterocycles. The number of carbonyl (C=O) groups is 2. The van der Waals surface area contributed by atoms with Crippen LogP contribution in [0.3, 0.4) is 0 Å². The van der Waals surface area contributed by atoms with Gasteiger partial charge in [0.15, 0.2) is 5.78 Å². The summed E-state index contributed by atoms with van der Waals surface area (Å²) in [6.07, 6.45) is 2.60. The molecule has 2 rings (SSSR count). The van der Waals surface area contributed by atoms with Crippen molar-refractivity contribution < 1.29 is 19.6 Å². The molecule has 0 spiro atoms. The molecule has 1 N–H and O–H groups in total. The standard InChI is InChI=1S/C17H13NO5/c19-16(11-13-3-8-15(9-4-13)18(22)23)14-6-1-12(2-7-14)5-10-17(20)21/h1-10H,11H2,(H,20,21). The van der Waals surface area contributed by atoms with E-state index < -0.39 is 10.9 Å². The molecule has 0 aliphatic carbocycles. The first-order valence-electron chi connectivity index (χ1n) is 6.73. The van der Waals surface area contributed by atoms with E-state index >= 15 is 0 Å². The van der Waals surface area contributed by atoms with Gasteiger partial charge in [-0.3, -0.25) is 14.9 Å². The zero-order chi connectivity index (χ0) is 16.8. The van der Waals surface area contributed by atoms with Crippen LogP contribution >= 0.6 is 0 Å².